The van der Waals surface area contributed by atoms with Gasteiger partial charge in [0.1, 0.15) is 6.61 Å². The summed E-state index contributed by atoms with van der Waals surface area (Å²) in [6, 6.07) is 7.77. The van der Waals surface area contributed by atoms with Crippen LogP contribution in [0.15, 0.2) is 30.5 Å². The molecule has 2 aromatic rings. The van der Waals surface area contributed by atoms with Crippen molar-refractivity contribution < 1.29 is 9.53 Å². The Bertz CT molecular complexity index is 855. The molecule has 4 N–H and O–H groups in total. The maximum atomic E-state index is 12.2. The number of nitrogens with zero attached hydrogens (tertiary/aromatic N) is 2. The molecule has 28 heavy (non-hydrogen) atoms. The Kier molecular flexibility index (Phi) is 5.57. The molecule has 7 nitrogen and oxygen atoms in total. The van der Waals surface area contributed by atoms with Crippen molar-refractivity contribution in [2.75, 3.05) is 6.54 Å². The topological polar surface area (TPSA) is 94.2 Å². The van der Waals surface area contributed by atoms with Crippen molar-refractivity contribution in [2.45, 2.75) is 37.8 Å². The van der Waals surface area contributed by atoms with E-state index in [4.69, 9.17) is 22.1 Å². The first-order valence-corrected chi connectivity index (χ1v) is 10.1. The van der Waals surface area contributed by atoms with Crippen LogP contribution in [-0.2, 0) is 18.4 Å². The second kappa shape index (κ2) is 8.11. The molecule has 1 aromatic carbocycles. The lowest BCUT2D eigenvalue weighted by Gasteiger charge is -2.43. The highest BCUT2D eigenvalue weighted by Crippen LogP contribution is 2.44. The fraction of sp³-hybridized carbons (Fsp3) is 0.500. The smallest absolute Gasteiger partial charge is 0.237 e. The molecule has 1 aromatic heterocycles. The van der Waals surface area contributed by atoms with Gasteiger partial charge in [-0.25, -0.2) is 10.1 Å². The number of ether oxygens (including phenoxy) is 1. The zero-order valence-electron chi connectivity index (χ0n) is 15.9. The van der Waals surface area contributed by atoms with Gasteiger partial charge in [0.15, 0.2) is 0 Å². The van der Waals surface area contributed by atoms with E-state index >= 15 is 0 Å². The summed E-state index contributed by atoms with van der Waals surface area (Å²) in [5.74, 6) is 1.37. The van der Waals surface area contributed by atoms with Gasteiger partial charge in [0.05, 0.1) is 6.20 Å². The summed E-state index contributed by atoms with van der Waals surface area (Å²) >= 11 is 6.26. The first-order chi connectivity index (χ1) is 13.6. The molecule has 1 aliphatic carbocycles. The van der Waals surface area contributed by atoms with Crippen LogP contribution in [0.2, 0.25) is 5.02 Å². The third-order valence-corrected chi connectivity index (χ3v) is 6.43. The lowest BCUT2D eigenvalue weighted by Crippen LogP contribution is -2.62. The number of nitrogens with one attached hydrogen (secondary N) is 2. The van der Waals surface area contributed by atoms with E-state index in [0.29, 0.717) is 18.2 Å². The average molecular weight is 404 g/mol. The van der Waals surface area contributed by atoms with Crippen molar-refractivity contribution in [1.29, 1.82) is 0 Å². The molecule has 2 heterocycles. The molecule has 2 aliphatic rings. The number of carbonyl (C=O) groups is 1. The van der Waals surface area contributed by atoms with Crippen molar-refractivity contribution >= 4 is 17.5 Å². The molecule has 1 saturated heterocycles. The quantitative estimate of drug-likeness (QED) is 0.710. The maximum absolute atomic E-state index is 12.2. The summed E-state index contributed by atoms with van der Waals surface area (Å²) in [7, 11) is 1.88. The van der Waals surface area contributed by atoms with Crippen LogP contribution in [0.25, 0.3) is 0 Å². The summed E-state index contributed by atoms with van der Waals surface area (Å²) in [5.41, 5.74) is 13.8. The number of hydrazine groups is 1. The predicted molar refractivity (Wildman–Crippen MR) is 107 cm³/mol. The Balaban J connectivity index is 1.52. The number of hydrogen-bond acceptors (Lipinski definition) is 5. The molecular formula is C20H26ClN5O2. The predicted octanol–water partition coefficient (Wildman–Crippen LogP) is 2.11. The first-order valence-electron chi connectivity index (χ1n) is 9.72. The van der Waals surface area contributed by atoms with Crippen molar-refractivity contribution in [3.63, 3.8) is 0 Å². The Morgan fingerprint density at radius 1 is 1.36 bits per heavy atom. The second-order valence-corrected chi connectivity index (χ2v) is 8.07. The maximum Gasteiger partial charge on any atom is 0.237 e. The molecule has 150 valence electrons. The van der Waals surface area contributed by atoms with Crippen molar-refractivity contribution in [2.24, 2.45) is 24.6 Å². The van der Waals surface area contributed by atoms with Gasteiger partial charge < -0.3 is 10.5 Å². The van der Waals surface area contributed by atoms with Gasteiger partial charge in [-0.1, -0.05) is 29.8 Å². The van der Waals surface area contributed by atoms with E-state index in [1.165, 1.54) is 0 Å². The van der Waals surface area contributed by atoms with E-state index in [0.717, 1.165) is 36.3 Å². The fourth-order valence-electron chi connectivity index (χ4n) is 4.52. The zero-order valence-corrected chi connectivity index (χ0v) is 16.7. The number of nitrogens with two attached hydrogens (primary N) is 1. The molecule has 4 rings (SSSR count). The van der Waals surface area contributed by atoms with Crippen LogP contribution >= 0.6 is 11.6 Å². The largest absolute Gasteiger partial charge is 0.473 e. The molecule has 0 radical (unpaired) electrons. The Morgan fingerprint density at radius 2 is 2.18 bits per heavy atom. The molecule has 8 heteroatoms. The summed E-state index contributed by atoms with van der Waals surface area (Å²) in [6.07, 6.45) is 4.56. The number of fused-ring (bicyclic) bond motifs is 1. The molecule has 0 bridgehead atoms. The number of amides is 1. The molecule has 4 unspecified atom stereocenters. The highest BCUT2D eigenvalue weighted by molar-refractivity contribution is 6.31. The average Bonchev–Trinajstić information content (AvgIpc) is 3.08. The molecule has 1 amide bonds. The van der Waals surface area contributed by atoms with E-state index in [-0.39, 0.29) is 29.7 Å². The zero-order chi connectivity index (χ0) is 19.7. The van der Waals surface area contributed by atoms with E-state index in [1.807, 2.05) is 37.5 Å². The summed E-state index contributed by atoms with van der Waals surface area (Å²) in [4.78, 5) is 12.2. The van der Waals surface area contributed by atoms with Gasteiger partial charge in [-0.3, -0.25) is 10.2 Å². The van der Waals surface area contributed by atoms with E-state index in [1.54, 1.807) is 4.68 Å². The van der Waals surface area contributed by atoms with Crippen LogP contribution < -0.4 is 21.3 Å². The lowest BCUT2D eigenvalue weighted by atomic mass is 9.68. The Morgan fingerprint density at radius 3 is 2.96 bits per heavy atom. The molecule has 1 aliphatic heterocycles. The first kappa shape index (κ1) is 19.2. The van der Waals surface area contributed by atoms with Crippen LogP contribution in [0.3, 0.4) is 0 Å². The standard InChI is InChI=1S/C20H26ClN5O2/c1-26-20(28-11-13-4-2-3-5-17(13)21)16(10-23-26)12-6-7-14-15(8-12)18(9-22)24-25-19(14)27/h2-5,10,12,14-15,18,24H,6-9,11,22H2,1H3,(H,25,27). The van der Waals surface area contributed by atoms with Crippen LogP contribution in [0, 0.1) is 11.8 Å². The van der Waals surface area contributed by atoms with Crippen molar-refractivity contribution in [3.8, 4) is 5.88 Å². The molecule has 2 fully saturated rings. The number of carbonyl (C=O) groups excluding carboxylic acids is 1. The van der Waals surface area contributed by atoms with Crippen LogP contribution in [-0.4, -0.2) is 28.3 Å². The number of halogens is 1. The van der Waals surface area contributed by atoms with Crippen LogP contribution in [0.5, 0.6) is 5.88 Å². The fourth-order valence-corrected chi connectivity index (χ4v) is 4.71. The lowest BCUT2D eigenvalue weighted by molar-refractivity contribution is -0.133. The highest BCUT2D eigenvalue weighted by atomic mass is 35.5. The van der Waals surface area contributed by atoms with Gasteiger partial charge in [-0.05, 0) is 37.2 Å². The summed E-state index contributed by atoms with van der Waals surface area (Å²) in [6.45, 7) is 0.886. The molecule has 0 spiro atoms. The van der Waals surface area contributed by atoms with Gasteiger partial charge in [0, 0.05) is 41.7 Å². The summed E-state index contributed by atoms with van der Waals surface area (Å²) in [5, 5.41) is 5.12. The summed E-state index contributed by atoms with van der Waals surface area (Å²) < 4.78 is 7.90. The number of aryl methyl sites for hydroxylation is 1. The number of rotatable bonds is 5. The van der Waals surface area contributed by atoms with Gasteiger partial charge in [-0.2, -0.15) is 5.10 Å². The van der Waals surface area contributed by atoms with Crippen LogP contribution in [0.4, 0.5) is 0 Å². The molecule has 4 atom stereocenters. The third-order valence-electron chi connectivity index (χ3n) is 6.06. The van der Waals surface area contributed by atoms with Crippen LogP contribution in [0.1, 0.15) is 36.3 Å². The highest BCUT2D eigenvalue weighted by Gasteiger charge is 2.43. The van der Waals surface area contributed by atoms with Crippen molar-refractivity contribution in [1.82, 2.24) is 20.6 Å². The number of hydrogen-bond donors (Lipinski definition) is 3. The second-order valence-electron chi connectivity index (χ2n) is 7.66. The number of benzene rings is 1. The third kappa shape index (κ3) is 3.62. The SMILES string of the molecule is Cn1ncc(C2CCC3C(=O)NNC(CN)C3C2)c1OCc1ccccc1Cl. The minimum absolute atomic E-state index is 0.0233. The minimum Gasteiger partial charge on any atom is -0.473 e. The van der Waals surface area contributed by atoms with E-state index in [2.05, 4.69) is 16.0 Å². The molecular weight excluding hydrogens is 378 g/mol. The number of aromatic nitrogens is 2. The van der Waals surface area contributed by atoms with Gasteiger partial charge >= 0.3 is 0 Å². The van der Waals surface area contributed by atoms with Gasteiger partial charge in [-0.15, -0.1) is 0 Å². The van der Waals surface area contributed by atoms with Gasteiger partial charge in [0.2, 0.25) is 11.8 Å². The monoisotopic (exact) mass is 403 g/mol. The van der Waals surface area contributed by atoms with Gasteiger partial charge in [0.25, 0.3) is 0 Å². The Labute approximate surface area is 169 Å². The van der Waals surface area contributed by atoms with E-state index in [9.17, 15) is 4.79 Å². The Hall–Kier alpha value is -2.09. The minimum atomic E-state index is 0.0233. The van der Waals surface area contributed by atoms with E-state index < -0.39 is 0 Å². The van der Waals surface area contributed by atoms with Crippen molar-refractivity contribution in [3.05, 3.63) is 46.6 Å². The normalized spacial score (nSPS) is 27.2. The molecule has 1 saturated carbocycles.